The molecule has 0 heterocycles. The van der Waals surface area contributed by atoms with E-state index in [-0.39, 0.29) is 5.78 Å². The van der Waals surface area contributed by atoms with Gasteiger partial charge in [0.15, 0.2) is 5.78 Å². The van der Waals surface area contributed by atoms with Gasteiger partial charge in [-0.3, -0.25) is 4.79 Å². The van der Waals surface area contributed by atoms with E-state index in [1.54, 1.807) is 55.7 Å². The largest absolute Gasteiger partial charge is 0.497 e. The second-order valence-corrected chi connectivity index (χ2v) is 4.94. The van der Waals surface area contributed by atoms with Crippen molar-refractivity contribution in [2.75, 3.05) is 7.11 Å². The normalized spacial score (nSPS) is 10.8. The molecule has 2 aromatic carbocycles. The third kappa shape index (κ3) is 3.62. The van der Waals surface area contributed by atoms with E-state index in [0.29, 0.717) is 26.9 Å². The summed E-state index contributed by atoms with van der Waals surface area (Å²) in [5, 5.41) is 1.12. The van der Waals surface area contributed by atoms with Gasteiger partial charge in [0.1, 0.15) is 5.75 Å². The molecule has 0 N–H and O–H groups in total. The zero-order valence-corrected chi connectivity index (χ0v) is 12.3. The van der Waals surface area contributed by atoms with Crippen LogP contribution in [0.5, 0.6) is 5.75 Å². The van der Waals surface area contributed by atoms with Crippen LogP contribution in [-0.4, -0.2) is 12.9 Å². The Labute approximate surface area is 127 Å². The van der Waals surface area contributed by atoms with Crippen molar-refractivity contribution in [3.05, 3.63) is 69.7 Å². The van der Waals surface area contributed by atoms with E-state index in [1.807, 2.05) is 0 Å². The lowest BCUT2D eigenvalue weighted by atomic mass is 10.1. The third-order valence-corrected chi connectivity index (χ3v) is 3.33. The monoisotopic (exact) mass is 306 g/mol. The van der Waals surface area contributed by atoms with Gasteiger partial charge in [0, 0.05) is 15.6 Å². The molecule has 2 rings (SSSR count). The fourth-order valence-corrected chi connectivity index (χ4v) is 2.02. The molecular weight excluding hydrogens is 295 g/mol. The van der Waals surface area contributed by atoms with E-state index < -0.39 is 0 Å². The fraction of sp³-hybridized carbons (Fsp3) is 0.0625. The van der Waals surface area contributed by atoms with Crippen LogP contribution in [0.4, 0.5) is 0 Å². The first-order valence-corrected chi connectivity index (χ1v) is 6.67. The molecular formula is C16H12Cl2O2. The number of ketones is 1. The summed E-state index contributed by atoms with van der Waals surface area (Å²) in [5.41, 5.74) is 1.29. The van der Waals surface area contributed by atoms with Crippen LogP contribution < -0.4 is 4.74 Å². The molecule has 0 radical (unpaired) electrons. The van der Waals surface area contributed by atoms with E-state index in [4.69, 9.17) is 27.9 Å². The number of ether oxygens (including phenoxy) is 1. The smallest absolute Gasteiger partial charge is 0.185 e. The summed E-state index contributed by atoms with van der Waals surface area (Å²) in [6, 6.07) is 12.0. The highest BCUT2D eigenvalue weighted by atomic mass is 35.5. The van der Waals surface area contributed by atoms with Gasteiger partial charge in [0.2, 0.25) is 0 Å². The van der Waals surface area contributed by atoms with Crippen molar-refractivity contribution in [3.63, 3.8) is 0 Å². The molecule has 0 aromatic heterocycles. The van der Waals surface area contributed by atoms with Gasteiger partial charge in [-0.2, -0.15) is 0 Å². The molecule has 0 amide bonds. The van der Waals surface area contributed by atoms with E-state index in [0.717, 1.165) is 0 Å². The molecule has 0 saturated heterocycles. The summed E-state index contributed by atoms with van der Waals surface area (Å²) >= 11 is 11.9. The lowest BCUT2D eigenvalue weighted by Crippen LogP contribution is -1.94. The zero-order chi connectivity index (χ0) is 14.5. The van der Waals surface area contributed by atoms with E-state index in [2.05, 4.69) is 0 Å². The van der Waals surface area contributed by atoms with Crippen LogP contribution >= 0.6 is 23.2 Å². The van der Waals surface area contributed by atoms with Crippen molar-refractivity contribution in [2.45, 2.75) is 0 Å². The molecule has 0 atom stereocenters. The number of hydrogen-bond acceptors (Lipinski definition) is 2. The van der Waals surface area contributed by atoms with Crippen molar-refractivity contribution >= 4 is 35.1 Å². The van der Waals surface area contributed by atoms with Gasteiger partial charge in [-0.05, 0) is 60.2 Å². The lowest BCUT2D eigenvalue weighted by Gasteiger charge is -2.01. The van der Waals surface area contributed by atoms with Gasteiger partial charge < -0.3 is 4.74 Å². The van der Waals surface area contributed by atoms with Gasteiger partial charge in [-0.25, -0.2) is 0 Å². The topological polar surface area (TPSA) is 26.3 Å². The number of carbonyl (C=O) groups excluding carboxylic acids is 1. The minimum absolute atomic E-state index is 0.108. The number of halogens is 2. The molecule has 4 heteroatoms. The Balaban J connectivity index is 2.17. The van der Waals surface area contributed by atoms with Crippen LogP contribution in [-0.2, 0) is 0 Å². The van der Waals surface area contributed by atoms with E-state index in [9.17, 15) is 4.79 Å². The van der Waals surface area contributed by atoms with Crippen LogP contribution in [0.1, 0.15) is 15.9 Å². The van der Waals surface area contributed by atoms with Crippen LogP contribution in [0.15, 0.2) is 48.5 Å². The first kappa shape index (κ1) is 14.6. The van der Waals surface area contributed by atoms with Crippen molar-refractivity contribution < 1.29 is 9.53 Å². The maximum atomic E-state index is 12.0. The summed E-state index contributed by atoms with van der Waals surface area (Å²) in [7, 11) is 1.58. The molecule has 2 nitrogen and oxygen atoms in total. The molecule has 0 spiro atoms. The van der Waals surface area contributed by atoms with E-state index >= 15 is 0 Å². The molecule has 20 heavy (non-hydrogen) atoms. The highest BCUT2D eigenvalue weighted by Crippen LogP contribution is 2.22. The second kappa shape index (κ2) is 6.60. The maximum Gasteiger partial charge on any atom is 0.185 e. The van der Waals surface area contributed by atoms with Crippen molar-refractivity contribution in [1.29, 1.82) is 0 Å². The first-order valence-electron chi connectivity index (χ1n) is 5.91. The summed E-state index contributed by atoms with van der Waals surface area (Å²) in [6.07, 6.45) is 3.13. The minimum Gasteiger partial charge on any atom is -0.497 e. The van der Waals surface area contributed by atoms with Crippen molar-refractivity contribution in [2.24, 2.45) is 0 Å². The van der Waals surface area contributed by atoms with Gasteiger partial charge >= 0.3 is 0 Å². The summed E-state index contributed by atoms with van der Waals surface area (Å²) in [4.78, 5) is 12.0. The van der Waals surface area contributed by atoms with Crippen LogP contribution in [0, 0.1) is 0 Å². The van der Waals surface area contributed by atoms with Crippen LogP contribution in [0.3, 0.4) is 0 Å². The fourth-order valence-electron chi connectivity index (χ4n) is 1.66. The molecule has 0 bridgehead atoms. The van der Waals surface area contributed by atoms with Gasteiger partial charge in [-0.1, -0.05) is 23.2 Å². The Kier molecular flexibility index (Phi) is 4.83. The average Bonchev–Trinajstić information content (AvgIpc) is 2.48. The number of allylic oxidation sites excluding steroid dienone is 1. The van der Waals surface area contributed by atoms with Crippen molar-refractivity contribution in [1.82, 2.24) is 0 Å². The van der Waals surface area contributed by atoms with Gasteiger partial charge in [-0.15, -0.1) is 0 Å². The number of hydrogen-bond donors (Lipinski definition) is 0. The van der Waals surface area contributed by atoms with Crippen molar-refractivity contribution in [3.8, 4) is 5.75 Å². The number of methoxy groups -OCH3 is 1. The number of carbonyl (C=O) groups is 1. The highest BCUT2D eigenvalue weighted by molar-refractivity contribution is 6.34. The Hall–Kier alpha value is -1.77. The molecule has 0 aliphatic rings. The van der Waals surface area contributed by atoms with Gasteiger partial charge in [0.05, 0.1) is 7.11 Å². The van der Waals surface area contributed by atoms with Gasteiger partial charge in [0.25, 0.3) is 0 Å². The summed E-state index contributed by atoms with van der Waals surface area (Å²) in [6.45, 7) is 0. The minimum atomic E-state index is -0.108. The Bertz CT molecular complexity index is 646. The van der Waals surface area contributed by atoms with Crippen LogP contribution in [0.2, 0.25) is 10.0 Å². The predicted molar refractivity (Wildman–Crippen MR) is 82.8 cm³/mol. The van der Waals surface area contributed by atoms with E-state index in [1.165, 1.54) is 6.08 Å². The second-order valence-electron chi connectivity index (χ2n) is 4.09. The SMILES string of the molecule is COc1ccc(C(=O)/C=C/c2cc(Cl)ccc2Cl)cc1. The molecule has 2 aromatic rings. The Morgan fingerprint density at radius 3 is 2.45 bits per heavy atom. The Morgan fingerprint density at radius 1 is 1.10 bits per heavy atom. The molecule has 0 unspecified atom stereocenters. The summed E-state index contributed by atoms with van der Waals surface area (Å²) in [5.74, 6) is 0.604. The predicted octanol–water partition coefficient (Wildman–Crippen LogP) is 4.90. The zero-order valence-electron chi connectivity index (χ0n) is 10.8. The average molecular weight is 307 g/mol. The third-order valence-electron chi connectivity index (χ3n) is 2.75. The molecule has 102 valence electrons. The summed E-state index contributed by atoms with van der Waals surface area (Å²) < 4.78 is 5.05. The molecule has 0 aliphatic carbocycles. The standard InChI is InChI=1S/C16H12Cl2O2/c1-20-14-6-2-11(3-7-14)16(19)9-4-12-10-13(17)5-8-15(12)18/h2-10H,1H3/b9-4+. The molecule has 0 fully saturated rings. The maximum absolute atomic E-state index is 12.0. The molecule has 0 aliphatic heterocycles. The lowest BCUT2D eigenvalue weighted by molar-refractivity contribution is 0.104. The Morgan fingerprint density at radius 2 is 1.80 bits per heavy atom. The molecule has 0 saturated carbocycles. The number of rotatable bonds is 4. The number of benzene rings is 2. The highest BCUT2D eigenvalue weighted by Gasteiger charge is 2.03. The first-order chi connectivity index (χ1) is 9.60. The quantitative estimate of drug-likeness (QED) is 0.593. The van der Waals surface area contributed by atoms with Crippen LogP contribution in [0.25, 0.3) is 6.08 Å².